The summed E-state index contributed by atoms with van der Waals surface area (Å²) in [4.78, 5) is 39.7. The molecule has 2 heterocycles. The number of likely N-dealkylation sites (tertiary alicyclic amines) is 1. The minimum atomic E-state index is -0.118. The lowest BCUT2D eigenvalue weighted by molar-refractivity contribution is -0.139. The van der Waals surface area contributed by atoms with E-state index in [0.29, 0.717) is 31.0 Å². The van der Waals surface area contributed by atoms with E-state index in [0.717, 1.165) is 23.3 Å². The van der Waals surface area contributed by atoms with Crippen LogP contribution in [0.1, 0.15) is 65.7 Å². The summed E-state index contributed by atoms with van der Waals surface area (Å²) in [5, 5.41) is 2.97. The molecule has 2 aromatic rings. The zero-order valence-corrected chi connectivity index (χ0v) is 18.6. The Bertz CT molecular complexity index is 969. The maximum Gasteiger partial charge on any atom is 0.265 e. The third-order valence-electron chi connectivity index (χ3n) is 6.24. The van der Waals surface area contributed by atoms with Gasteiger partial charge in [0.25, 0.3) is 5.91 Å². The van der Waals surface area contributed by atoms with Gasteiger partial charge in [-0.2, -0.15) is 0 Å². The first kappa shape index (κ1) is 20.8. The zero-order chi connectivity index (χ0) is 21.5. The van der Waals surface area contributed by atoms with Gasteiger partial charge in [0.2, 0.25) is 11.8 Å². The van der Waals surface area contributed by atoms with Gasteiger partial charge in [-0.05, 0) is 59.9 Å². The van der Waals surface area contributed by atoms with Crippen LogP contribution in [-0.4, -0.2) is 22.6 Å². The summed E-state index contributed by atoms with van der Waals surface area (Å²) >= 11 is 1.61. The van der Waals surface area contributed by atoms with Gasteiger partial charge in [-0.15, -0.1) is 11.3 Å². The molecule has 1 aromatic carbocycles. The largest absolute Gasteiger partial charge is 0.321 e. The number of benzene rings is 1. The molecule has 6 heteroatoms. The lowest BCUT2D eigenvalue weighted by Crippen LogP contribution is -2.28. The van der Waals surface area contributed by atoms with E-state index in [4.69, 9.17) is 0 Å². The zero-order valence-electron chi connectivity index (χ0n) is 17.8. The van der Waals surface area contributed by atoms with Gasteiger partial charge in [0.05, 0.1) is 11.4 Å². The number of anilines is 1. The summed E-state index contributed by atoms with van der Waals surface area (Å²) in [5.41, 5.74) is 3.19. The van der Waals surface area contributed by atoms with Gasteiger partial charge in [-0.1, -0.05) is 32.9 Å². The highest BCUT2D eigenvalue weighted by Crippen LogP contribution is 2.40. The third-order valence-corrected chi connectivity index (χ3v) is 7.47. The number of hydrogen-bond acceptors (Lipinski definition) is 4. The van der Waals surface area contributed by atoms with E-state index in [1.54, 1.807) is 11.3 Å². The van der Waals surface area contributed by atoms with Crippen molar-refractivity contribution in [3.05, 3.63) is 51.2 Å². The average Bonchev–Trinajstić information content (AvgIpc) is 3.26. The van der Waals surface area contributed by atoms with E-state index < -0.39 is 0 Å². The number of rotatable bonds is 4. The van der Waals surface area contributed by atoms with Crippen molar-refractivity contribution in [2.45, 2.75) is 59.4 Å². The average molecular weight is 425 g/mol. The minimum absolute atomic E-state index is 0.0839. The van der Waals surface area contributed by atoms with Crippen molar-refractivity contribution >= 4 is 34.7 Å². The Morgan fingerprint density at radius 1 is 1.10 bits per heavy atom. The fraction of sp³-hybridized carbons (Fsp3) is 0.458. The molecule has 0 radical (unpaired) electrons. The van der Waals surface area contributed by atoms with Gasteiger partial charge in [0.15, 0.2) is 0 Å². The highest BCUT2D eigenvalue weighted by atomic mass is 32.1. The molecule has 1 aliphatic carbocycles. The fourth-order valence-corrected chi connectivity index (χ4v) is 5.35. The SMILES string of the molecule is CC(C)(C)C1CCc2sc(C(=O)Nc3ccc(CN4C(=O)CCC4=O)cc3)cc2C1. The lowest BCUT2D eigenvalue weighted by atomic mass is 9.72. The van der Waals surface area contributed by atoms with Crippen LogP contribution in [0.2, 0.25) is 0 Å². The molecule has 3 amide bonds. The Labute approximate surface area is 181 Å². The van der Waals surface area contributed by atoms with Gasteiger partial charge in [-0.3, -0.25) is 19.3 Å². The first-order chi connectivity index (χ1) is 14.2. The second-order valence-electron chi connectivity index (χ2n) is 9.39. The number of hydrogen-bond donors (Lipinski definition) is 1. The van der Waals surface area contributed by atoms with Crippen molar-refractivity contribution in [3.8, 4) is 0 Å². The predicted octanol–water partition coefficient (Wildman–Crippen LogP) is 4.80. The van der Waals surface area contributed by atoms with Gasteiger partial charge in [0.1, 0.15) is 0 Å². The summed E-state index contributed by atoms with van der Waals surface area (Å²) in [6.07, 6.45) is 3.88. The summed E-state index contributed by atoms with van der Waals surface area (Å²) in [7, 11) is 0. The second kappa shape index (κ2) is 7.99. The number of nitrogens with one attached hydrogen (secondary N) is 1. The highest BCUT2D eigenvalue weighted by Gasteiger charge is 2.31. The molecule has 1 unspecified atom stereocenters. The normalized spacial score (nSPS) is 19.2. The molecular formula is C24H28N2O3S. The van der Waals surface area contributed by atoms with E-state index in [2.05, 4.69) is 32.2 Å². The molecule has 1 saturated heterocycles. The molecule has 1 fully saturated rings. The number of imide groups is 1. The second-order valence-corrected chi connectivity index (χ2v) is 10.5. The number of thiophene rings is 1. The molecule has 30 heavy (non-hydrogen) atoms. The highest BCUT2D eigenvalue weighted by molar-refractivity contribution is 7.14. The van der Waals surface area contributed by atoms with Crippen molar-refractivity contribution in [1.29, 1.82) is 0 Å². The van der Waals surface area contributed by atoms with Crippen LogP contribution in [0, 0.1) is 11.3 Å². The van der Waals surface area contributed by atoms with Crippen LogP contribution in [0.15, 0.2) is 30.3 Å². The van der Waals surface area contributed by atoms with Crippen molar-refractivity contribution in [2.24, 2.45) is 11.3 Å². The third kappa shape index (κ3) is 4.33. The van der Waals surface area contributed by atoms with E-state index in [9.17, 15) is 14.4 Å². The predicted molar refractivity (Wildman–Crippen MR) is 118 cm³/mol. The summed E-state index contributed by atoms with van der Waals surface area (Å²) in [5.74, 6) is 0.331. The Kier molecular flexibility index (Phi) is 5.53. The number of fused-ring (bicyclic) bond motifs is 1. The fourth-order valence-electron chi connectivity index (χ4n) is 4.24. The summed E-state index contributed by atoms with van der Waals surface area (Å²) in [6, 6.07) is 9.40. The monoisotopic (exact) mass is 424 g/mol. The number of amides is 3. The van der Waals surface area contributed by atoms with E-state index in [-0.39, 0.29) is 23.1 Å². The van der Waals surface area contributed by atoms with Crippen molar-refractivity contribution in [2.75, 3.05) is 5.32 Å². The first-order valence-corrected chi connectivity index (χ1v) is 11.4. The van der Waals surface area contributed by atoms with Crippen LogP contribution in [-0.2, 0) is 29.0 Å². The first-order valence-electron chi connectivity index (χ1n) is 10.6. The molecule has 0 bridgehead atoms. The van der Waals surface area contributed by atoms with Gasteiger partial charge in [0, 0.05) is 23.4 Å². The van der Waals surface area contributed by atoms with Gasteiger partial charge >= 0.3 is 0 Å². The number of carbonyl (C=O) groups excluding carboxylic acids is 3. The van der Waals surface area contributed by atoms with Crippen LogP contribution in [0.3, 0.4) is 0 Å². The molecule has 1 N–H and O–H groups in total. The Balaban J connectivity index is 1.39. The maximum atomic E-state index is 12.8. The molecule has 4 rings (SSSR count). The molecule has 1 aromatic heterocycles. The van der Waals surface area contributed by atoms with Crippen LogP contribution >= 0.6 is 11.3 Å². The molecular weight excluding hydrogens is 396 g/mol. The maximum absolute atomic E-state index is 12.8. The van der Waals surface area contributed by atoms with E-state index >= 15 is 0 Å². The molecule has 158 valence electrons. The number of aryl methyl sites for hydroxylation is 1. The Morgan fingerprint density at radius 3 is 2.40 bits per heavy atom. The molecule has 1 aliphatic heterocycles. The van der Waals surface area contributed by atoms with Gasteiger partial charge in [-0.25, -0.2) is 0 Å². The van der Waals surface area contributed by atoms with Crippen molar-refractivity contribution in [3.63, 3.8) is 0 Å². The smallest absolute Gasteiger partial charge is 0.265 e. The summed E-state index contributed by atoms with van der Waals surface area (Å²) < 4.78 is 0. The summed E-state index contributed by atoms with van der Waals surface area (Å²) in [6.45, 7) is 7.17. The van der Waals surface area contributed by atoms with Gasteiger partial charge < -0.3 is 5.32 Å². The van der Waals surface area contributed by atoms with E-state index in [1.165, 1.54) is 21.8 Å². The van der Waals surface area contributed by atoms with Crippen molar-refractivity contribution < 1.29 is 14.4 Å². The number of carbonyl (C=O) groups is 3. The standard InChI is InChI=1S/C24H28N2O3S/c1-24(2,3)17-6-9-19-16(12-17)13-20(30-19)23(29)25-18-7-4-15(5-8-18)14-26-21(27)10-11-22(26)28/h4-5,7-8,13,17H,6,9-12,14H2,1-3H3,(H,25,29). The molecule has 5 nitrogen and oxygen atoms in total. The van der Waals surface area contributed by atoms with Crippen LogP contribution in [0.4, 0.5) is 5.69 Å². The van der Waals surface area contributed by atoms with Crippen LogP contribution in [0.5, 0.6) is 0 Å². The quantitative estimate of drug-likeness (QED) is 0.717. The van der Waals surface area contributed by atoms with Crippen LogP contribution < -0.4 is 5.32 Å². The topological polar surface area (TPSA) is 66.5 Å². The van der Waals surface area contributed by atoms with E-state index in [1.807, 2.05) is 24.3 Å². The lowest BCUT2D eigenvalue weighted by Gasteiger charge is -2.33. The van der Waals surface area contributed by atoms with Crippen LogP contribution in [0.25, 0.3) is 0 Å². The minimum Gasteiger partial charge on any atom is -0.321 e. The Morgan fingerprint density at radius 2 is 1.77 bits per heavy atom. The van der Waals surface area contributed by atoms with Crippen molar-refractivity contribution in [1.82, 2.24) is 4.90 Å². The molecule has 0 saturated carbocycles. The Hall–Kier alpha value is -2.47. The number of nitrogens with zero attached hydrogens (tertiary/aromatic N) is 1. The molecule has 0 spiro atoms. The molecule has 1 atom stereocenters. The molecule has 2 aliphatic rings.